The maximum absolute atomic E-state index is 6.52. The summed E-state index contributed by atoms with van der Waals surface area (Å²) in [5.74, 6) is 0. The topological polar surface area (TPSA) is 39.4 Å². The summed E-state index contributed by atoms with van der Waals surface area (Å²) >= 11 is 5.63. The van der Waals surface area contributed by atoms with Gasteiger partial charge in [-0.15, -0.1) is 34.0 Å². The third-order valence-electron chi connectivity index (χ3n) is 28.5. The van der Waals surface area contributed by atoms with Gasteiger partial charge in [0.25, 0.3) is 0 Å². The van der Waals surface area contributed by atoms with Crippen LogP contribution in [0.3, 0.4) is 0 Å². The summed E-state index contributed by atoms with van der Waals surface area (Å²) in [5, 5.41) is 14.8. The number of benzene rings is 23. The van der Waals surface area contributed by atoms with Crippen molar-refractivity contribution in [1.82, 2.24) is 0 Å². The normalized spacial score (nSPS) is 11.6. The fraction of sp³-hybridized carbons (Fsp3) is 0. The van der Waals surface area contributed by atoms with E-state index in [0.717, 1.165) is 99.2 Å². The molecular formula is C138H86O3S3. The fourth-order valence-corrected chi connectivity index (χ4v) is 24.8. The van der Waals surface area contributed by atoms with Crippen molar-refractivity contribution in [3.8, 4) is 156 Å². The van der Waals surface area contributed by atoms with E-state index in [1.165, 1.54) is 183 Å². The summed E-state index contributed by atoms with van der Waals surface area (Å²) in [4.78, 5) is 0. The first kappa shape index (κ1) is 85.3. The smallest absolute Gasteiger partial charge is 0.136 e. The first-order chi connectivity index (χ1) is 71.3. The summed E-state index contributed by atoms with van der Waals surface area (Å²) in [6.45, 7) is 0. The van der Waals surface area contributed by atoms with Crippen molar-refractivity contribution in [3.05, 3.63) is 522 Å². The average Bonchev–Trinajstić information content (AvgIpc) is 1.61. The zero-order valence-corrected chi connectivity index (χ0v) is 80.6. The molecular weight excluding hydrogens is 1800 g/mol. The van der Waals surface area contributed by atoms with E-state index in [1.807, 2.05) is 64.3 Å². The highest BCUT2D eigenvalue weighted by Gasteiger charge is 2.24. The Kier molecular flexibility index (Phi) is 21.6. The lowest BCUT2D eigenvalue weighted by atomic mass is 9.90. The highest BCUT2D eigenvalue weighted by atomic mass is 32.1. The summed E-state index contributed by atoms with van der Waals surface area (Å²) in [6.07, 6.45) is 0. The second-order valence-electron chi connectivity index (χ2n) is 37.1. The van der Waals surface area contributed by atoms with Crippen LogP contribution in [0.1, 0.15) is 0 Å². The molecule has 0 aliphatic heterocycles. The standard InChI is InChI=1S/C48H30O2.C48H30OS.C42H26S2/c1-3-11-31(12-4-1)36-25-37(32-13-5-2-6-14-32)27-38(26-36)33-19-21-34(22-20-33)39-29-42(48-41-16-8-10-18-45(41)50-47(48)30-39)35-23-24-46-43(28-35)40-15-7-9-17-44(40)49-46;1-3-11-33(12-4-1)38-25-23-35(27-41(38)34-13-5-2-6-14-34)31-19-21-32(22-20-31)37-29-42(48-40-16-7-9-17-44(40)49-45(48)30-37)36-24-26-47-43(28-36)39-15-8-10-18-46(39)50-47;1-2-9-27(10-3-1)28-17-19-29(20-18-28)30-21-23-31(24-22-30)32-25-36(42-35-12-5-7-15-38(35)44-40(42)26-32)33-13-8-16-39-41(33)34-11-4-6-14-37(34)43-39/h2*1-30H;1-26H. The Morgan fingerprint density at radius 3 is 0.889 bits per heavy atom. The molecule has 0 bridgehead atoms. The molecule has 6 heteroatoms. The summed E-state index contributed by atoms with van der Waals surface area (Å²) in [7, 11) is 0. The van der Waals surface area contributed by atoms with Gasteiger partial charge in [0.05, 0.1) is 0 Å². The van der Waals surface area contributed by atoms with Gasteiger partial charge in [0.1, 0.15) is 33.5 Å². The molecule has 29 aromatic rings. The minimum absolute atomic E-state index is 0.878. The quantitative estimate of drug-likeness (QED) is 0.109. The van der Waals surface area contributed by atoms with Crippen LogP contribution in [0.4, 0.5) is 0 Å². The molecule has 674 valence electrons. The largest absolute Gasteiger partial charge is 0.456 e. The highest BCUT2D eigenvalue weighted by Crippen LogP contribution is 2.51. The summed E-state index contributed by atoms with van der Waals surface area (Å²) in [5.41, 5.74) is 39.1. The van der Waals surface area contributed by atoms with E-state index < -0.39 is 0 Å². The van der Waals surface area contributed by atoms with E-state index in [4.69, 9.17) is 13.3 Å². The predicted molar refractivity (Wildman–Crippen MR) is 616 cm³/mol. The molecule has 0 saturated heterocycles. The molecule has 0 N–H and O–H groups in total. The lowest BCUT2D eigenvalue weighted by molar-refractivity contribution is 0.668. The summed E-state index contributed by atoms with van der Waals surface area (Å²) < 4.78 is 27.2. The minimum atomic E-state index is 0.878. The first-order valence-corrected chi connectivity index (χ1v) is 51.4. The number of thiophene rings is 3. The van der Waals surface area contributed by atoms with Crippen LogP contribution < -0.4 is 0 Å². The van der Waals surface area contributed by atoms with Gasteiger partial charge in [-0.1, -0.05) is 394 Å². The molecule has 0 spiro atoms. The number of hydrogen-bond donors (Lipinski definition) is 0. The van der Waals surface area contributed by atoms with Gasteiger partial charge in [-0.25, -0.2) is 0 Å². The Morgan fingerprint density at radius 2 is 0.396 bits per heavy atom. The fourth-order valence-electron chi connectivity index (χ4n) is 21.4. The molecule has 144 heavy (non-hydrogen) atoms. The Morgan fingerprint density at radius 1 is 0.104 bits per heavy atom. The van der Waals surface area contributed by atoms with E-state index in [-0.39, 0.29) is 0 Å². The number of para-hydroxylation sites is 3. The van der Waals surface area contributed by atoms with Crippen molar-refractivity contribution < 1.29 is 13.3 Å². The Labute approximate surface area is 844 Å². The maximum Gasteiger partial charge on any atom is 0.136 e. The molecule has 0 amide bonds. The monoisotopic (exact) mass is 1890 g/mol. The van der Waals surface area contributed by atoms with Crippen molar-refractivity contribution in [2.24, 2.45) is 0 Å². The van der Waals surface area contributed by atoms with Gasteiger partial charge >= 0.3 is 0 Å². The maximum atomic E-state index is 6.52. The van der Waals surface area contributed by atoms with Gasteiger partial charge in [0.2, 0.25) is 0 Å². The van der Waals surface area contributed by atoms with E-state index in [0.29, 0.717) is 0 Å². The number of furan rings is 3. The van der Waals surface area contributed by atoms with Crippen LogP contribution >= 0.6 is 34.0 Å². The minimum Gasteiger partial charge on any atom is -0.456 e. The molecule has 23 aromatic carbocycles. The van der Waals surface area contributed by atoms with Crippen LogP contribution in [0, 0.1) is 0 Å². The van der Waals surface area contributed by atoms with Crippen LogP contribution in [-0.2, 0) is 0 Å². The second kappa shape index (κ2) is 36.4. The molecule has 0 fully saturated rings. The van der Waals surface area contributed by atoms with Crippen LogP contribution in [-0.4, -0.2) is 0 Å². The molecule has 0 aliphatic rings. The van der Waals surface area contributed by atoms with Crippen LogP contribution in [0.25, 0.3) is 282 Å². The number of fused-ring (bicyclic) bond motifs is 18. The molecule has 0 unspecified atom stereocenters. The molecule has 0 aliphatic carbocycles. The molecule has 6 heterocycles. The molecule has 3 nitrogen and oxygen atoms in total. The molecule has 0 atom stereocenters. The van der Waals surface area contributed by atoms with Gasteiger partial charge in [-0.2, -0.15) is 0 Å². The second-order valence-corrected chi connectivity index (χ2v) is 40.3. The van der Waals surface area contributed by atoms with Crippen molar-refractivity contribution in [1.29, 1.82) is 0 Å². The zero-order chi connectivity index (χ0) is 95.1. The van der Waals surface area contributed by atoms with Crippen molar-refractivity contribution in [3.63, 3.8) is 0 Å². The van der Waals surface area contributed by atoms with E-state index in [9.17, 15) is 0 Å². The molecule has 29 rings (SSSR count). The first-order valence-electron chi connectivity index (χ1n) is 48.9. The molecule has 0 saturated carbocycles. The Balaban J connectivity index is 0.000000108. The van der Waals surface area contributed by atoms with E-state index in [1.54, 1.807) is 0 Å². The van der Waals surface area contributed by atoms with Gasteiger partial charge < -0.3 is 13.3 Å². The van der Waals surface area contributed by atoms with Crippen molar-refractivity contribution in [2.75, 3.05) is 0 Å². The van der Waals surface area contributed by atoms with Crippen LogP contribution in [0.15, 0.2) is 535 Å². The van der Waals surface area contributed by atoms with Gasteiger partial charge in [-0.3, -0.25) is 0 Å². The van der Waals surface area contributed by atoms with Crippen molar-refractivity contribution in [2.45, 2.75) is 0 Å². The van der Waals surface area contributed by atoms with E-state index >= 15 is 0 Å². The number of hydrogen-bond acceptors (Lipinski definition) is 6. The molecule has 0 radical (unpaired) electrons. The molecule has 6 aromatic heterocycles. The van der Waals surface area contributed by atoms with Gasteiger partial charge in [0, 0.05) is 92.8 Å². The van der Waals surface area contributed by atoms with Gasteiger partial charge in [0.15, 0.2) is 0 Å². The zero-order valence-electron chi connectivity index (χ0n) is 78.1. The van der Waals surface area contributed by atoms with Gasteiger partial charge in [-0.05, 0) is 283 Å². The number of rotatable bonds is 14. The SMILES string of the molecule is c1ccc(-c2cc(-c3ccccc3)cc(-c3ccc(-c4cc(-c5ccc6oc7ccccc7c6c5)c5c(c4)oc4ccccc45)cc3)c2)cc1.c1ccc(-c2ccc(-c3ccc(-c4cc(-c5ccc6sc7ccccc7c6c5)c5c(c4)oc4ccccc45)cc3)cc2-c2ccccc2)cc1.c1ccc(-c2ccc(-c3ccc(-c4cc(-c5cccc6sc7ccccc7c56)c5c(c4)sc4ccccc45)cc3)cc2)cc1. The lowest BCUT2D eigenvalue weighted by Crippen LogP contribution is -1.88. The van der Waals surface area contributed by atoms with Crippen LogP contribution in [0.2, 0.25) is 0 Å². The predicted octanol–water partition coefficient (Wildman–Crippen LogP) is 41.2. The lowest BCUT2D eigenvalue weighted by Gasteiger charge is -2.14. The van der Waals surface area contributed by atoms with Crippen molar-refractivity contribution >= 4 is 160 Å². The third kappa shape index (κ3) is 15.8. The third-order valence-corrected chi connectivity index (χ3v) is 31.9. The summed E-state index contributed by atoms with van der Waals surface area (Å²) in [6, 6.07) is 188. The van der Waals surface area contributed by atoms with Crippen LogP contribution in [0.5, 0.6) is 0 Å². The van der Waals surface area contributed by atoms with E-state index in [2.05, 4.69) is 491 Å². The average molecular weight is 1890 g/mol. The Bertz CT molecular complexity index is 9900. The highest BCUT2D eigenvalue weighted by molar-refractivity contribution is 7.26. The Hall–Kier alpha value is -17.9.